The Morgan fingerprint density at radius 2 is 1.85 bits per heavy atom. The number of pyridine rings is 1. The standard InChI is InChI=1S/C34H46F2N6O4/c1-24-13-15-39-42(23-30(24)33(45)38-22-26-7-6-8-29(19-26)46-34(2,35)36)17-5-4-16-41-18-14-28(21-32(41)44)40-31(43)20-25-9-11-27(37-3)12-10-25/h6-8,14-15,18-19,21,23-25,27,37H,4-5,9-13,16-17,20,22H2,1-3H3,(H,38,45)(H,40,43). The number of unbranched alkanes of at least 4 members (excludes halogenated alkanes) is 1. The Kier molecular flexibility index (Phi) is 12.5. The number of aryl methyl sites for hydroxylation is 1. The molecule has 2 aliphatic rings. The molecule has 0 spiro atoms. The highest BCUT2D eigenvalue weighted by atomic mass is 19.3. The summed E-state index contributed by atoms with van der Waals surface area (Å²) in [6.45, 7) is 3.86. The minimum Gasteiger partial charge on any atom is -0.433 e. The molecule has 2 heterocycles. The van der Waals surface area contributed by atoms with Crippen molar-refractivity contribution in [3.63, 3.8) is 0 Å². The summed E-state index contributed by atoms with van der Waals surface area (Å²) < 4.78 is 32.7. The number of benzene rings is 1. The Hall–Kier alpha value is -4.06. The van der Waals surface area contributed by atoms with Crippen LogP contribution >= 0.6 is 0 Å². The summed E-state index contributed by atoms with van der Waals surface area (Å²) in [5, 5.41) is 15.3. The van der Waals surface area contributed by atoms with Crippen molar-refractivity contribution in [2.45, 2.75) is 90.5 Å². The van der Waals surface area contributed by atoms with Crippen LogP contribution in [-0.4, -0.2) is 53.3 Å². The van der Waals surface area contributed by atoms with E-state index in [1.807, 2.05) is 14.0 Å². The Bertz CT molecular complexity index is 1450. The van der Waals surface area contributed by atoms with Crippen molar-refractivity contribution in [3.8, 4) is 5.75 Å². The number of aromatic nitrogens is 1. The topological polar surface area (TPSA) is 117 Å². The summed E-state index contributed by atoms with van der Waals surface area (Å²) >= 11 is 0. The first-order chi connectivity index (χ1) is 22.0. The fourth-order valence-corrected chi connectivity index (χ4v) is 5.83. The molecule has 1 unspecified atom stereocenters. The average molecular weight is 641 g/mol. The van der Waals surface area contributed by atoms with Gasteiger partial charge >= 0.3 is 6.11 Å². The fourth-order valence-electron chi connectivity index (χ4n) is 5.83. The number of halogens is 2. The summed E-state index contributed by atoms with van der Waals surface area (Å²) in [6.07, 6.45) is 8.70. The highest BCUT2D eigenvalue weighted by Crippen LogP contribution is 2.27. The molecule has 1 aromatic carbocycles. The number of hydrogen-bond donors (Lipinski definition) is 3. The zero-order chi connectivity index (χ0) is 33.1. The molecule has 12 heteroatoms. The molecule has 1 aromatic heterocycles. The molecular formula is C34H46F2N6O4. The van der Waals surface area contributed by atoms with Gasteiger partial charge in [0.2, 0.25) is 11.8 Å². The van der Waals surface area contributed by atoms with Crippen molar-refractivity contribution in [2.75, 3.05) is 18.9 Å². The van der Waals surface area contributed by atoms with Crippen LogP contribution in [0.2, 0.25) is 0 Å². The molecule has 1 fully saturated rings. The van der Waals surface area contributed by atoms with Crippen LogP contribution in [0.3, 0.4) is 0 Å². The Balaban J connectivity index is 1.22. The van der Waals surface area contributed by atoms with Crippen LogP contribution in [0.5, 0.6) is 5.75 Å². The maximum absolute atomic E-state index is 13.2. The molecule has 10 nitrogen and oxygen atoms in total. The third kappa shape index (κ3) is 11.1. The SMILES string of the molecule is CNC1CCC(CC(=O)Nc2ccn(CCCCN3C=C(C(=O)NCc4cccc(OC(C)(F)F)c4)C(C)CC=N3)c(=O)c2)CC1. The van der Waals surface area contributed by atoms with Crippen molar-refractivity contribution >= 4 is 23.7 Å². The van der Waals surface area contributed by atoms with Gasteiger partial charge in [-0.25, -0.2) is 0 Å². The van der Waals surface area contributed by atoms with Crippen molar-refractivity contribution in [1.29, 1.82) is 0 Å². The second kappa shape index (κ2) is 16.5. The van der Waals surface area contributed by atoms with Crippen molar-refractivity contribution in [3.05, 3.63) is 70.3 Å². The molecule has 2 amide bonds. The molecule has 1 atom stereocenters. The lowest BCUT2D eigenvalue weighted by Gasteiger charge is -2.27. The maximum Gasteiger partial charge on any atom is 0.394 e. The summed E-state index contributed by atoms with van der Waals surface area (Å²) in [4.78, 5) is 38.3. The van der Waals surface area contributed by atoms with Gasteiger partial charge in [0, 0.05) is 75.0 Å². The van der Waals surface area contributed by atoms with Crippen LogP contribution in [0.25, 0.3) is 0 Å². The highest BCUT2D eigenvalue weighted by Gasteiger charge is 2.24. The van der Waals surface area contributed by atoms with Gasteiger partial charge in [0.25, 0.3) is 5.56 Å². The summed E-state index contributed by atoms with van der Waals surface area (Å²) in [6, 6.07) is 10.0. The molecule has 4 rings (SSSR count). The molecule has 1 aliphatic heterocycles. The van der Waals surface area contributed by atoms with Gasteiger partial charge in [-0.3, -0.25) is 19.4 Å². The normalized spacial score (nSPS) is 20.1. The lowest BCUT2D eigenvalue weighted by Crippen LogP contribution is -2.31. The van der Waals surface area contributed by atoms with Crippen molar-refractivity contribution in [1.82, 2.24) is 20.2 Å². The third-order valence-electron chi connectivity index (χ3n) is 8.46. The number of anilines is 1. The summed E-state index contributed by atoms with van der Waals surface area (Å²) in [5.74, 6) is 0.0371. The second-order valence-electron chi connectivity index (χ2n) is 12.3. The molecule has 0 saturated heterocycles. The van der Waals surface area contributed by atoms with E-state index in [2.05, 4.69) is 25.8 Å². The van der Waals surface area contributed by atoms with E-state index in [1.54, 1.807) is 46.4 Å². The van der Waals surface area contributed by atoms with Crippen LogP contribution < -0.4 is 26.2 Å². The number of nitrogens with zero attached hydrogens (tertiary/aromatic N) is 3. The fraction of sp³-hybridized carbons (Fsp3) is 0.529. The maximum atomic E-state index is 13.2. The summed E-state index contributed by atoms with van der Waals surface area (Å²) in [5.41, 5.74) is 1.55. The van der Waals surface area contributed by atoms with E-state index in [9.17, 15) is 23.2 Å². The predicted octanol–water partition coefficient (Wildman–Crippen LogP) is 5.25. The number of rotatable bonds is 14. The zero-order valence-electron chi connectivity index (χ0n) is 26.9. The van der Waals surface area contributed by atoms with Gasteiger partial charge in [-0.2, -0.15) is 13.9 Å². The number of hydrazone groups is 1. The predicted molar refractivity (Wildman–Crippen MR) is 175 cm³/mol. The van der Waals surface area contributed by atoms with Gasteiger partial charge in [-0.1, -0.05) is 19.1 Å². The molecule has 250 valence electrons. The van der Waals surface area contributed by atoms with E-state index in [0.717, 1.165) is 32.1 Å². The van der Waals surface area contributed by atoms with Gasteiger partial charge in [0.15, 0.2) is 0 Å². The second-order valence-corrected chi connectivity index (χ2v) is 12.3. The van der Waals surface area contributed by atoms with Gasteiger partial charge in [-0.15, -0.1) is 0 Å². The molecule has 3 N–H and O–H groups in total. The van der Waals surface area contributed by atoms with Gasteiger partial charge in [0.1, 0.15) is 5.75 Å². The Morgan fingerprint density at radius 1 is 1.09 bits per heavy atom. The minimum atomic E-state index is -3.29. The van der Waals surface area contributed by atoms with E-state index < -0.39 is 6.11 Å². The third-order valence-corrected chi connectivity index (χ3v) is 8.46. The van der Waals surface area contributed by atoms with Crippen LogP contribution in [0.15, 0.2) is 64.3 Å². The molecule has 0 bridgehead atoms. The number of nitrogens with one attached hydrogen (secondary N) is 3. The molecule has 2 aromatic rings. The molecule has 46 heavy (non-hydrogen) atoms. The van der Waals surface area contributed by atoms with Gasteiger partial charge in [-0.05, 0) is 87.6 Å². The van der Waals surface area contributed by atoms with Crippen LogP contribution in [-0.2, 0) is 22.7 Å². The lowest BCUT2D eigenvalue weighted by molar-refractivity contribution is -0.159. The van der Waals surface area contributed by atoms with Crippen LogP contribution in [0.1, 0.15) is 70.8 Å². The number of hydrogen-bond acceptors (Lipinski definition) is 7. The first-order valence-electron chi connectivity index (χ1n) is 16.1. The number of carbonyl (C=O) groups is 2. The van der Waals surface area contributed by atoms with E-state index >= 15 is 0 Å². The number of carbonyl (C=O) groups excluding carboxylic acids is 2. The highest BCUT2D eigenvalue weighted by molar-refractivity contribution is 5.94. The van der Waals surface area contributed by atoms with Crippen LogP contribution in [0, 0.1) is 11.8 Å². The van der Waals surface area contributed by atoms with Gasteiger partial charge < -0.3 is 25.3 Å². The van der Waals surface area contributed by atoms with Crippen LogP contribution in [0.4, 0.5) is 14.5 Å². The average Bonchev–Trinajstić information content (AvgIpc) is 3.19. The molecule has 0 radical (unpaired) electrons. The summed E-state index contributed by atoms with van der Waals surface area (Å²) in [7, 11) is 1.98. The van der Waals surface area contributed by atoms with E-state index in [0.29, 0.717) is 68.1 Å². The van der Waals surface area contributed by atoms with Crippen molar-refractivity contribution < 1.29 is 23.1 Å². The zero-order valence-corrected chi connectivity index (χ0v) is 26.9. The first kappa shape index (κ1) is 34.8. The first-order valence-corrected chi connectivity index (χ1v) is 16.1. The Labute approximate surface area is 269 Å². The Morgan fingerprint density at radius 3 is 2.57 bits per heavy atom. The number of ether oxygens (including phenoxy) is 1. The molecule has 1 aliphatic carbocycles. The quantitative estimate of drug-likeness (QED) is 0.243. The van der Waals surface area contributed by atoms with Crippen molar-refractivity contribution in [2.24, 2.45) is 16.9 Å². The van der Waals surface area contributed by atoms with E-state index in [-0.39, 0.29) is 35.6 Å². The van der Waals surface area contributed by atoms with E-state index in [1.165, 1.54) is 18.2 Å². The largest absolute Gasteiger partial charge is 0.433 e. The minimum absolute atomic E-state index is 0.0269. The molecule has 1 saturated carbocycles. The van der Waals surface area contributed by atoms with Gasteiger partial charge in [0.05, 0.1) is 0 Å². The van der Waals surface area contributed by atoms with E-state index in [4.69, 9.17) is 0 Å². The number of alkyl halides is 2. The monoisotopic (exact) mass is 640 g/mol. The smallest absolute Gasteiger partial charge is 0.394 e. The molecular weight excluding hydrogens is 594 g/mol. The lowest BCUT2D eigenvalue weighted by atomic mass is 9.84. The number of amides is 2.